The molecule has 4 heteroatoms. The van der Waals surface area contributed by atoms with Crippen LogP contribution in [0.4, 0.5) is 0 Å². The van der Waals surface area contributed by atoms with Crippen molar-refractivity contribution >= 4 is 27.7 Å². The van der Waals surface area contributed by atoms with Crippen LogP contribution in [0.15, 0.2) is 0 Å². The van der Waals surface area contributed by atoms with E-state index in [2.05, 4.69) is 15.9 Å². The standard InChI is InChI=1S/C14H24BrNO2/c1-12-11-13(17)16(14(12)18)10-8-6-4-2-3-5-7-9-15/h12H,2-11H2,1H3. The molecule has 0 aliphatic carbocycles. The first-order valence-corrected chi connectivity index (χ1v) is 8.19. The van der Waals surface area contributed by atoms with E-state index in [0.29, 0.717) is 13.0 Å². The van der Waals surface area contributed by atoms with Gasteiger partial charge in [-0.15, -0.1) is 0 Å². The summed E-state index contributed by atoms with van der Waals surface area (Å²) in [6.45, 7) is 2.47. The molecule has 1 rings (SSSR count). The third kappa shape index (κ3) is 5.09. The first-order valence-electron chi connectivity index (χ1n) is 7.07. The van der Waals surface area contributed by atoms with E-state index in [1.54, 1.807) is 0 Å². The van der Waals surface area contributed by atoms with Crippen molar-refractivity contribution in [3.8, 4) is 0 Å². The van der Waals surface area contributed by atoms with Crippen molar-refractivity contribution in [3.63, 3.8) is 0 Å². The lowest BCUT2D eigenvalue weighted by molar-refractivity contribution is -0.139. The maximum Gasteiger partial charge on any atom is 0.232 e. The number of alkyl halides is 1. The molecular weight excluding hydrogens is 294 g/mol. The summed E-state index contributed by atoms with van der Waals surface area (Å²) in [6, 6.07) is 0. The predicted octanol–water partition coefficient (Wildman–Crippen LogP) is 3.51. The van der Waals surface area contributed by atoms with Gasteiger partial charge in [0.15, 0.2) is 0 Å². The number of halogens is 1. The predicted molar refractivity (Wildman–Crippen MR) is 76.6 cm³/mol. The van der Waals surface area contributed by atoms with Crippen molar-refractivity contribution in [2.24, 2.45) is 5.92 Å². The minimum Gasteiger partial charge on any atom is -0.282 e. The Labute approximate surface area is 118 Å². The molecule has 0 radical (unpaired) electrons. The fourth-order valence-corrected chi connectivity index (χ4v) is 2.73. The second-order valence-corrected chi connectivity index (χ2v) is 5.95. The Morgan fingerprint density at radius 3 is 2.11 bits per heavy atom. The fraction of sp³-hybridized carbons (Fsp3) is 0.857. The first-order chi connectivity index (χ1) is 8.66. The highest BCUT2D eigenvalue weighted by Gasteiger charge is 2.34. The van der Waals surface area contributed by atoms with Crippen molar-refractivity contribution in [1.82, 2.24) is 4.90 Å². The number of unbranched alkanes of at least 4 members (excludes halogenated alkanes) is 6. The van der Waals surface area contributed by atoms with Crippen LogP contribution in [0.5, 0.6) is 0 Å². The van der Waals surface area contributed by atoms with Crippen molar-refractivity contribution in [3.05, 3.63) is 0 Å². The second kappa shape index (κ2) is 8.68. The maximum absolute atomic E-state index is 11.7. The Morgan fingerprint density at radius 2 is 1.61 bits per heavy atom. The molecule has 0 N–H and O–H groups in total. The molecule has 2 amide bonds. The van der Waals surface area contributed by atoms with E-state index in [4.69, 9.17) is 0 Å². The van der Waals surface area contributed by atoms with Gasteiger partial charge in [-0.1, -0.05) is 55.0 Å². The molecule has 104 valence electrons. The summed E-state index contributed by atoms with van der Waals surface area (Å²) in [7, 11) is 0. The Balaban J connectivity index is 2.01. The van der Waals surface area contributed by atoms with Gasteiger partial charge in [-0.25, -0.2) is 0 Å². The Bertz CT molecular complexity index is 281. The molecule has 1 unspecified atom stereocenters. The van der Waals surface area contributed by atoms with Crippen molar-refractivity contribution in [2.45, 2.75) is 58.3 Å². The third-order valence-corrected chi connectivity index (χ3v) is 4.05. The molecule has 3 nitrogen and oxygen atoms in total. The summed E-state index contributed by atoms with van der Waals surface area (Å²) < 4.78 is 0. The van der Waals surface area contributed by atoms with E-state index in [9.17, 15) is 9.59 Å². The van der Waals surface area contributed by atoms with Crippen LogP contribution in [0.2, 0.25) is 0 Å². The molecule has 0 saturated carbocycles. The number of hydrogen-bond donors (Lipinski definition) is 0. The van der Waals surface area contributed by atoms with E-state index in [1.807, 2.05) is 6.92 Å². The normalized spacial score (nSPS) is 19.9. The van der Waals surface area contributed by atoms with E-state index >= 15 is 0 Å². The van der Waals surface area contributed by atoms with Gasteiger partial charge in [0.1, 0.15) is 0 Å². The highest BCUT2D eigenvalue weighted by Crippen LogP contribution is 2.19. The lowest BCUT2D eigenvalue weighted by Crippen LogP contribution is -2.31. The van der Waals surface area contributed by atoms with Crippen LogP contribution in [0.1, 0.15) is 58.3 Å². The summed E-state index contributed by atoms with van der Waals surface area (Å²) in [5.41, 5.74) is 0. The van der Waals surface area contributed by atoms with Crippen LogP contribution in [-0.4, -0.2) is 28.6 Å². The number of amides is 2. The molecule has 0 spiro atoms. The van der Waals surface area contributed by atoms with Crippen molar-refractivity contribution < 1.29 is 9.59 Å². The number of carbonyl (C=O) groups is 2. The monoisotopic (exact) mass is 317 g/mol. The Morgan fingerprint density at radius 1 is 1.06 bits per heavy atom. The molecule has 1 aliphatic rings. The zero-order valence-electron chi connectivity index (χ0n) is 11.3. The van der Waals surface area contributed by atoms with Gasteiger partial charge in [-0.05, 0) is 12.8 Å². The number of hydrogen-bond acceptors (Lipinski definition) is 2. The Hall–Kier alpha value is -0.380. The van der Waals surface area contributed by atoms with Crippen LogP contribution in [0.25, 0.3) is 0 Å². The minimum atomic E-state index is -0.0956. The average molecular weight is 318 g/mol. The van der Waals surface area contributed by atoms with Gasteiger partial charge < -0.3 is 0 Å². The quantitative estimate of drug-likeness (QED) is 0.371. The number of nitrogens with zero attached hydrogens (tertiary/aromatic N) is 1. The molecule has 1 fully saturated rings. The van der Waals surface area contributed by atoms with Crippen LogP contribution >= 0.6 is 15.9 Å². The molecule has 18 heavy (non-hydrogen) atoms. The summed E-state index contributed by atoms with van der Waals surface area (Å²) in [6.07, 6.45) is 8.83. The molecule has 0 aromatic rings. The fourth-order valence-electron chi connectivity index (χ4n) is 2.33. The van der Waals surface area contributed by atoms with Gasteiger partial charge in [0.05, 0.1) is 0 Å². The van der Waals surface area contributed by atoms with Gasteiger partial charge >= 0.3 is 0 Å². The molecule has 0 aromatic carbocycles. The molecular formula is C14H24BrNO2. The Kier molecular flexibility index (Phi) is 7.56. The van der Waals surface area contributed by atoms with Crippen LogP contribution in [0, 0.1) is 5.92 Å². The van der Waals surface area contributed by atoms with Crippen molar-refractivity contribution in [1.29, 1.82) is 0 Å². The van der Waals surface area contributed by atoms with Crippen LogP contribution in [0.3, 0.4) is 0 Å². The topological polar surface area (TPSA) is 37.4 Å². The van der Waals surface area contributed by atoms with E-state index in [-0.39, 0.29) is 17.7 Å². The summed E-state index contributed by atoms with van der Waals surface area (Å²) in [5, 5.41) is 1.10. The molecule has 1 heterocycles. The zero-order valence-corrected chi connectivity index (χ0v) is 12.9. The molecule has 1 atom stereocenters. The minimum absolute atomic E-state index is 0.0184. The zero-order chi connectivity index (χ0) is 13.4. The van der Waals surface area contributed by atoms with Crippen LogP contribution < -0.4 is 0 Å². The highest BCUT2D eigenvalue weighted by molar-refractivity contribution is 9.09. The van der Waals surface area contributed by atoms with Gasteiger partial charge in [-0.2, -0.15) is 0 Å². The van der Waals surface area contributed by atoms with Gasteiger partial charge in [0.2, 0.25) is 11.8 Å². The smallest absolute Gasteiger partial charge is 0.232 e. The second-order valence-electron chi connectivity index (χ2n) is 5.15. The first kappa shape index (κ1) is 15.7. The largest absolute Gasteiger partial charge is 0.282 e. The maximum atomic E-state index is 11.7. The summed E-state index contributed by atoms with van der Waals surface area (Å²) >= 11 is 3.43. The third-order valence-electron chi connectivity index (χ3n) is 3.48. The molecule has 1 aliphatic heterocycles. The summed E-state index contributed by atoms with van der Waals surface area (Å²) in [5.74, 6) is -0.0520. The molecule has 0 aromatic heterocycles. The molecule has 0 bridgehead atoms. The van der Waals surface area contributed by atoms with Crippen molar-refractivity contribution in [2.75, 3.05) is 11.9 Å². The van der Waals surface area contributed by atoms with Gasteiger partial charge in [-0.3, -0.25) is 14.5 Å². The average Bonchev–Trinajstić information content (AvgIpc) is 2.58. The van der Waals surface area contributed by atoms with Crippen LogP contribution in [-0.2, 0) is 9.59 Å². The number of likely N-dealkylation sites (tertiary alicyclic amines) is 1. The SMILES string of the molecule is CC1CC(=O)N(CCCCCCCCCBr)C1=O. The van der Waals surface area contributed by atoms with E-state index in [1.165, 1.54) is 37.0 Å². The number of rotatable bonds is 9. The van der Waals surface area contributed by atoms with E-state index < -0.39 is 0 Å². The van der Waals surface area contributed by atoms with Gasteiger partial charge in [0, 0.05) is 24.2 Å². The van der Waals surface area contributed by atoms with E-state index in [0.717, 1.165) is 18.2 Å². The number of carbonyl (C=O) groups excluding carboxylic acids is 2. The summed E-state index contributed by atoms with van der Waals surface area (Å²) in [4.78, 5) is 24.6. The van der Waals surface area contributed by atoms with Gasteiger partial charge in [0.25, 0.3) is 0 Å². The lowest BCUT2D eigenvalue weighted by Gasteiger charge is -2.13. The lowest BCUT2D eigenvalue weighted by atomic mass is 10.1. The highest BCUT2D eigenvalue weighted by atomic mass is 79.9. The number of imide groups is 1. The molecule has 1 saturated heterocycles.